The van der Waals surface area contributed by atoms with Crippen molar-refractivity contribution in [3.63, 3.8) is 0 Å². The highest BCUT2D eigenvalue weighted by atomic mass is 16.4. The number of hydrogen-bond donors (Lipinski definition) is 4. The molecule has 0 aromatic carbocycles. The molecule has 6 nitrogen and oxygen atoms in total. The summed E-state index contributed by atoms with van der Waals surface area (Å²) in [5.41, 5.74) is 5.52. The van der Waals surface area contributed by atoms with Gasteiger partial charge in [-0.1, -0.05) is 19.8 Å². The molecule has 2 unspecified atom stereocenters. The fourth-order valence-corrected chi connectivity index (χ4v) is 1.97. The van der Waals surface area contributed by atoms with Crippen LogP contribution >= 0.6 is 0 Å². The lowest BCUT2D eigenvalue weighted by atomic mass is 9.94. The summed E-state index contributed by atoms with van der Waals surface area (Å²) in [6.45, 7) is 2.93. The van der Waals surface area contributed by atoms with Gasteiger partial charge in [-0.15, -0.1) is 0 Å². The van der Waals surface area contributed by atoms with Crippen molar-refractivity contribution < 1.29 is 19.8 Å². The van der Waals surface area contributed by atoms with E-state index in [2.05, 4.69) is 12.2 Å². The van der Waals surface area contributed by atoms with Gasteiger partial charge in [0.1, 0.15) is 0 Å². The van der Waals surface area contributed by atoms with E-state index in [1.54, 1.807) is 0 Å². The largest absolute Gasteiger partial charge is 0.479 e. The second-order valence-corrected chi connectivity index (χ2v) is 4.76. The molecule has 2 atom stereocenters. The number of aliphatic hydroxyl groups is 1. The van der Waals surface area contributed by atoms with Crippen LogP contribution in [0.4, 0.5) is 0 Å². The summed E-state index contributed by atoms with van der Waals surface area (Å²) in [6, 6.07) is 0. The highest BCUT2D eigenvalue weighted by molar-refractivity contribution is 5.76. The van der Waals surface area contributed by atoms with Gasteiger partial charge in [0.2, 0.25) is 5.91 Å². The minimum atomic E-state index is -1.41. The normalized spacial score (nSPS) is 13.8. The average molecular weight is 274 g/mol. The topological polar surface area (TPSA) is 113 Å². The van der Waals surface area contributed by atoms with E-state index in [1.165, 1.54) is 0 Å². The first-order valence-electron chi connectivity index (χ1n) is 6.88. The molecule has 0 fully saturated rings. The van der Waals surface area contributed by atoms with Gasteiger partial charge >= 0.3 is 5.97 Å². The van der Waals surface area contributed by atoms with Gasteiger partial charge in [-0.25, -0.2) is 4.79 Å². The Hall–Kier alpha value is -1.14. The molecule has 0 aromatic rings. The molecule has 0 aliphatic carbocycles. The van der Waals surface area contributed by atoms with Crippen molar-refractivity contribution in [2.45, 2.75) is 51.6 Å². The van der Waals surface area contributed by atoms with Crippen molar-refractivity contribution in [1.82, 2.24) is 5.32 Å². The lowest BCUT2D eigenvalue weighted by Gasteiger charge is -2.14. The van der Waals surface area contributed by atoms with E-state index >= 15 is 0 Å². The molecule has 0 heterocycles. The van der Waals surface area contributed by atoms with E-state index in [0.717, 1.165) is 25.7 Å². The summed E-state index contributed by atoms with van der Waals surface area (Å²) < 4.78 is 0. The number of aliphatic carboxylic acids is 1. The van der Waals surface area contributed by atoms with Crippen LogP contribution in [0.1, 0.15) is 45.4 Å². The van der Waals surface area contributed by atoms with Crippen molar-refractivity contribution in [1.29, 1.82) is 0 Å². The van der Waals surface area contributed by atoms with Crippen LogP contribution in [0.2, 0.25) is 0 Å². The molecule has 19 heavy (non-hydrogen) atoms. The monoisotopic (exact) mass is 274 g/mol. The van der Waals surface area contributed by atoms with Crippen molar-refractivity contribution in [3.05, 3.63) is 0 Å². The molecule has 0 bridgehead atoms. The second-order valence-electron chi connectivity index (χ2n) is 4.76. The Morgan fingerprint density at radius 1 is 1.21 bits per heavy atom. The molecule has 0 saturated carbocycles. The van der Waals surface area contributed by atoms with Gasteiger partial charge in [-0.3, -0.25) is 4.79 Å². The third kappa shape index (κ3) is 9.44. The van der Waals surface area contributed by atoms with E-state index in [-0.39, 0.29) is 18.9 Å². The molecule has 112 valence electrons. The Bertz CT molecular complexity index is 265. The highest BCUT2D eigenvalue weighted by Gasteiger charge is 2.13. The number of carbonyl (C=O) groups excluding carboxylic acids is 1. The van der Waals surface area contributed by atoms with E-state index < -0.39 is 12.1 Å². The number of nitrogens with one attached hydrogen (secondary N) is 1. The lowest BCUT2D eigenvalue weighted by molar-refractivity contribution is -0.147. The van der Waals surface area contributed by atoms with Crippen molar-refractivity contribution in [2.75, 3.05) is 13.1 Å². The quantitative estimate of drug-likeness (QED) is 0.438. The van der Waals surface area contributed by atoms with Gasteiger partial charge < -0.3 is 21.3 Å². The summed E-state index contributed by atoms with van der Waals surface area (Å²) in [5.74, 6) is -0.888. The van der Waals surface area contributed by atoms with Crippen LogP contribution in [0, 0.1) is 5.92 Å². The average Bonchev–Trinajstić information content (AvgIpc) is 2.36. The van der Waals surface area contributed by atoms with E-state index in [0.29, 0.717) is 18.9 Å². The van der Waals surface area contributed by atoms with Gasteiger partial charge in [-0.05, 0) is 25.3 Å². The molecule has 6 heteroatoms. The second kappa shape index (κ2) is 10.8. The number of aliphatic hydroxyl groups excluding tert-OH is 1. The molecular weight excluding hydrogens is 248 g/mol. The summed E-state index contributed by atoms with van der Waals surface area (Å²) in [6.07, 6.45) is 2.93. The zero-order valence-corrected chi connectivity index (χ0v) is 11.6. The maximum Gasteiger partial charge on any atom is 0.332 e. The summed E-state index contributed by atoms with van der Waals surface area (Å²) in [7, 11) is 0. The minimum absolute atomic E-state index is 0.0300. The standard InChI is InChI=1S/C13H26N2O4/c1-2-3-10(6-8-14)4-5-12(17)15-9-7-11(16)13(18)19/h10-11,16H,2-9,14H2,1H3,(H,15,17)(H,18,19). The third-order valence-corrected chi connectivity index (χ3v) is 3.08. The smallest absolute Gasteiger partial charge is 0.332 e. The predicted molar refractivity (Wildman–Crippen MR) is 72.6 cm³/mol. The Kier molecular flexibility index (Phi) is 10.1. The number of carboxylic acids is 1. The van der Waals surface area contributed by atoms with Crippen LogP contribution in [0.15, 0.2) is 0 Å². The first kappa shape index (κ1) is 17.9. The Labute approximate surface area is 114 Å². The molecule has 5 N–H and O–H groups in total. The Balaban J connectivity index is 3.75. The summed E-state index contributed by atoms with van der Waals surface area (Å²) >= 11 is 0. The molecule has 0 spiro atoms. The number of amides is 1. The first-order valence-corrected chi connectivity index (χ1v) is 6.88. The van der Waals surface area contributed by atoms with Gasteiger partial charge in [0.05, 0.1) is 0 Å². The number of rotatable bonds is 11. The van der Waals surface area contributed by atoms with Crippen molar-refractivity contribution in [3.8, 4) is 0 Å². The number of carboxylic acid groups (broad SMARTS) is 1. The molecule has 1 amide bonds. The van der Waals surface area contributed by atoms with Crippen LogP contribution in [0.3, 0.4) is 0 Å². The van der Waals surface area contributed by atoms with E-state index in [1.807, 2.05) is 0 Å². The van der Waals surface area contributed by atoms with Gasteiger partial charge in [0, 0.05) is 19.4 Å². The SMILES string of the molecule is CCCC(CCN)CCC(=O)NCCC(O)C(=O)O. The van der Waals surface area contributed by atoms with E-state index in [9.17, 15) is 9.59 Å². The fraction of sp³-hybridized carbons (Fsp3) is 0.846. The molecule has 0 saturated heterocycles. The van der Waals surface area contributed by atoms with Crippen LogP contribution in [-0.2, 0) is 9.59 Å². The zero-order chi connectivity index (χ0) is 14.7. The van der Waals surface area contributed by atoms with Gasteiger partial charge in [-0.2, -0.15) is 0 Å². The van der Waals surface area contributed by atoms with Crippen LogP contribution in [-0.4, -0.2) is 41.3 Å². The molecular formula is C13H26N2O4. The molecule has 0 radical (unpaired) electrons. The highest BCUT2D eigenvalue weighted by Crippen LogP contribution is 2.16. The molecule has 0 aliphatic rings. The van der Waals surface area contributed by atoms with E-state index in [4.69, 9.17) is 15.9 Å². The molecule has 0 rings (SSSR count). The number of nitrogens with two attached hydrogens (primary N) is 1. The molecule has 0 aromatic heterocycles. The molecule has 0 aliphatic heterocycles. The Morgan fingerprint density at radius 3 is 2.42 bits per heavy atom. The van der Waals surface area contributed by atoms with Gasteiger partial charge in [0.15, 0.2) is 6.10 Å². The summed E-state index contributed by atoms with van der Waals surface area (Å²) in [5, 5.41) is 20.1. The van der Waals surface area contributed by atoms with Gasteiger partial charge in [0.25, 0.3) is 0 Å². The maximum absolute atomic E-state index is 11.5. The maximum atomic E-state index is 11.5. The number of carbonyl (C=O) groups is 2. The lowest BCUT2D eigenvalue weighted by Crippen LogP contribution is -2.30. The minimum Gasteiger partial charge on any atom is -0.479 e. The van der Waals surface area contributed by atoms with Crippen molar-refractivity contribution >= 4 is 11.9 Å². The summed E-state index contributed by atoms with van der Waals surface area (Å²) in [4.78, 5) is 21.9. The number of hydrogen-bond acceptors (Lipinski definition) is 4. The van der Waals surface area contributed by atoms with Crippen LogP contribution in [0.25, 0.3) is 0 Å². The van der Waals surface area contributed by atoms with Crippen molar-refractivity contribution in [2.24, 2.45) is 11.7 Å². The fourth-order valence-electron chi connectivity index (χ4n) is 1.97. The Morgan fingerprint density at radius 2 is 1.89 bits per heavy atom. The van der Waals surface area contributed by atoms with Crippen LogP contribution < -0.4 is 11.1 Å². The first-order chi connectivity index (χ1) is 9.01. The van der Waals surface area contributed by atoms with Crippen LogP contribution in [0.5, 0.6) is 0 Å². The zero-order valence-electron chi connectivity index (χ0n) is 11.6. The predicted octanol–water partition coefficient (Wildman–Crippen LogP) is 0.484. The third-order valence-electron chi connectivity index (χ3n) is 3.08.